The molecule has 1 N–H and O–H groups in total. The second-order valence-corrected chi connectivity index (χ2v) is 7.11. The van der Waals surface area contributed by atoms with Gasteiger partial charge in [-0.1, -0.05) is 12.1 Å². The average molecular weight is 497 g/mol. The summed E-state index contributed by atoms with van der Waals surface area (Å²) in [6.45, 7) is 3.74. The van der Waals surface area contributed by atoms with Crippen LogP contribution in [0, 0.1) is 5.92 Å². The largest absolute Gasteiger partial charge is 0.381 e. The molecule has 1 aromatic carbocycles. The van der Waals surface area contributed by atoms with Gasteiger partial charge in [0.25, 0.3) is 0 Å². The van der Waals surface area contributed by atoms with Gasteiger partial charge >= 0.3 is 0 Å². The van der Waals surface area contributed by atoms with Gasteiger partial charge in [-0.05, 0) is 55.4 Å². The SMILES string of the molecule is CN=C(NCCc1ccc(-n2cccn2)cc1)N(C)CCC1CCOCC1.I. The van der Waals surface area contributed by atoms with Gasteiger partial charge < -0.3 is 15.0 Å². The molecule has 2 heterocycles. The monoisotopic (exact) mass is 497 g/mol. The van der Waals surface area contributed by atoms with E-state index in [1.165, 1.54) is 24.8 Å². The molecule has 0 saturated carbocycles. The summed E-state index contributed by atoms with van der Waals surface area (Å²) in [6, 6.07) is 10.5. The van der Waals surface area contributed by atoms with Gasteiger partial charge in [-0.15, -0.1) is 24.0 Å². The van der Waals surface area contributed by atoms with Crippen LogP contribution in [0.2, 0.25) is 0 Å². The normalized spacial score (nSPS) is 15.1. The molecule has 1 aromatic heterocycles. The van der Waals surface area contributed by atoms with Crippen molar-refractivity contribution >= 4 is 29.9 Å². The van der Waals surface area contributed by atoms with E-state index in [-0.39, 0.29) is 24.0 Å². The number of rotatable bonds is 7. The second kappa shape index (κ2) is 12.1. The molecule has 0 unspecified atom stereocenters. The number of aromatic nitrogens is 2. The van der Waals surface area contributed by atoms with Crippen molar-refractivity contribution < 1.29 is 4.74 Å². The topological polar surface area (TPSA) is 54.7 Å². The van der Waals surface area contributed by atoms with Gasteiger partial charge in [0.1, 0.15) is 0 Å². The average Bonchev–Trinajstić information content (AvgIpc) is 3.25. The van der Waals surface area contributed by atoms with Crippen LogP contribution in [0.5, 0.6) is 0 Å². The smallest absolute Gasteiger partial charge is 0.193 e. The summed E-state index contributed by atoms with van der Waals surface area (Å²) < 4.78 is 7.32. The third kappa shape index (κ3) is 6.77. The number of aliphatic imine (C=N–C) groups is 1. The Balaban J connectivity index is 0.00000280. The van der Waals surface area contributed by atoms with Crippen LogP contribution in [-0.2, 0) is 11.2 Å². The van der Waals surface area contributed by atoms with Gasteiger partial charge in [0.2, 0.25) is 0 Å². The number of nitrogens with one attached hydrogen (secondary N) is 1. The molecule has 0 spiro atoms. The van der Waals surface area contributed by atoms with Crippen molar-refractivity contribution in [2.75, 3.05) is 40.4 Å². The molecule has 2 aromatic rings. The molecular formula is C21H32IN5O. The van der Waals surface area contributed by atoms with Gasteiger partial charge in [-0.25, -0.2) is 4.68 Å². The molecule has 0 atom stereocenters. The Bertz CT molecular complexity index is 696. The quantitative estimate of drug-likeness (QED) is 0.362. The number of benzene rings is 1. The van der Waals surface area contributed by atoms with Crippen LogP contribution in [0.15, 0.2) is 47.7 Å². The first-order valence-electron chi connectivity index (χ1n) is 9.85. The van der Waals surface area contributed by atoms with Crippen molar-refractivity contribution in [3.8, 4) is 5.69 Å². The summed E-state index contributed by atoms with van der Waals surface area (Å²) in [5.74, 6) is 1.75. The van der Waals surface area contributed by atoms with Crippen LogP contribution < -0.4 is 5.32 Å². The maximum absolute atomic E-state index is 5.44. The van der Waals surface area contributed by atoms with Gasteiger partial charge in [-0.3, -0.25) is 4.99 Å². The van der Waals surface area contributed by atoms with Crippen LogP contribution in [-0.4, -0.2) is 61.0 Å². The highest BCUT2D eigenvalue weighted by Crippen LogP contribution is 2.18. The Kier molecular flexibility index (Phi) is 9.77. The maximum atomic E-state index is 5.44. The summed E-state index contributed by atoms with van der Waals surface area (Å²) in [4.78, 5) is 6.66. The highest BCUT2D eigenvalue weighted by atomic mass is 127. The number of nitrogens with zero attached hydrogens (tertiary/aromatic N) is 4. The summed E-state index contributed by atoms with van der Waals surface area (Å²) in [5, 5.41) is 7.74. The molecule has 0 radical (unpaired) electrons. The fraction of sp³-hybridized carbons (Fsp3) is 0.524. The number of ether oxygens (including phenoxy) is 1. The molecule has 3 rings (SSSR count). The zero-order valence-electron chi connectivity index (χ0n) is 16.9. The third-order valence-electron chi connectivity index (χ3n) is 5.19. The minimum Gasteiger partial charge on any atom is -0.381 e. The van der Waals surface area contributed by atoms with Crippen molar-refractivity contribution in [2.45, 2.75) is 25.7 Å². The lowest BCUT2D eigenvalue weighted by Crippen LogP contribution is -2.40. The predicted molar refractivity (Wildman–Crippen MR) is 125 cm³/mol. The first-order valence-corrected chi connectivity index (χ1v) is 9.85. The maximum Gasteiger partial charge on any atom is 0.193 e. The second-order valence-electron chi connectivity index (χ2n) is 7.11. The molecule has 0 aliphatic carbocycles. The molecular weight excluding hydrogens is 465 g/mol. The lowest BCUT2D eigenvalue weighted by Gasteiger charge is -2.26. The molecule has 28 heavy (non-hydrogen) atoms. The Morgan fingerprint density at radius 3 is 2.68 bits per heavy atom. The van der Waals surface area contributed by atoms with E-state index in [0.717, 1.165) is 50.3 Å². The van der Waals surface area contributed by atoms with E-state index in [4.69, 9.17) is 4.74 Å². The summed E-state index contributed by atoms with van der Waals surface area (Å²) in [5.41, 5.74) is 2.39. The molecule has 1 fully saturated rings. The van der Waals surface area contributed by atoms with Gasteiger partial charge in [0, 0.05) is 52.8 Å². The van der Waals surface area contributed by atoms with Crippen LogP contribution in [0.25, 0.3) is 5.69 Å². The highest BCUT2D eigenvalue weighted by Gasteiger charge is 2.15. The molecule has 6 nitrogen and oxygen atoms in total. The van der Waals surface area contributed by atoms with Gasteiger partial charge in [0.05, 0.1) is 5.69 Å². The van der Waals surface area contributed by atoms with E-state index in [1.54, 1.807) is 6.20 Å². The fourth-order valence-electron chi connectivity index (χ4n) is 3.46. The van der Waals surface area contributed by atoms with E-state index < -0.39 is 0 Å². The lowest BCUT2D eigenvalue weighted by atomic mass is 9.96. The predicted octanol–water partition coefficient (Wildman–Crippen LogP) is 3.36. The zero-order chi connectivity index (χ0) is 18.9. The summed E-state index contributed by atoms with van der Waals surface area (Å²) >= 11 is 0. The minimum absolute atomic E-state index is 0. The Morgan fingerprint density at radius 1 is 1.29 bits per heavy atom. The van der Waals surface area contributed by atoms with Crippen molar-refractivity contribution in [3.63, 3.8) is 0 Å². The van der Waals surface area contributed by atoms with Crippen LogP contribution >= 0.6 is 24.0 Å². The van der Waals surface area contributed by atoms with Crippen LogP contribution in [0.1, 0.15) is 24.8 Å². The number of guanidine groups is 1. The Labute approximate surface area is 185 Å². The number of hydrogen-bond donors (Lipinski definition) is 1. The Morgan fingerprint density at radius 2 is 2.04 bits per heavy atom. The molecule has 0 bridgehead atoms. The van der Waals surface area contributed by atoms with Gasteiger partial charge in [0.15, 0.2) is 5.96 Å². The van der Waals surface area contributed by atoms with Crippen molar-refractivity contribution in [2.24, 2.45) is 10.9 Å². The summed E-state index contributed by atoms with van der Waals surface area (Å²) in [7, 11) is 3.97. The fourth-order valence-corrected chi connectivity index (χ4v) is 3.46. The molecule has 0 amide bonds. The van der Waals surface area contributed by atoms with E-state index in [1.807, 2.05) is 24.0 Å². The first kappa shape index (κ1) is 22.7. The minimum atomic E-state index is 0. The van der Waals surface area contributed by atoms with E-state index in [9.17, 15) is 0 Å². The molecule has 7 heteroatoms. The van der Waals surface area contributed by atoms with E-state index in [0.29, 0.717) is 0 Å². The van der Waals surface area contributed by atoms with Crippen LogP contribution in [0.4, 0.5) is 0 Å². The van der Waals surface area contributed by atoms with Crippen molar-refractivity contribution in [1.82, 2.24) is 20.0 Å². The first-order chi connectivity index (χ1) is 13.3. The zero-order valence-corrected chi connectivity index (χ0v) is 19.2. The van der Waals surface area contributed by atoms with E-state index >= 15 is 0 Å². The van der Waals surface area contributed by atoms with Gasteiger partial charge in [-0.2, -0.15) is 5.10 Å². The number of hydrogen-bond acceptors (Lipinski definition) is 3. The van der Waals surface area contributed by atoms with Crippen molar-refractivity contribution in [1.29, 1.82) is 0 Å². The molecule has 1 aliphatic heterocycles. The molecule has 154 valence electrons. The standard InChI is InChI=1S/C21H31N5O.HI/c1-22-21(25(2)15-9-19-10-16-27-17-11-19)23-13-8-18-4-6-20(7-5-18)26-14-3-12-24-26;/h3-7,12,14,19H,8-11,13,15-17H2,1-2H3,(H,22,23);1H. The van der Waals surface area contributed by atoms with Crippen LogP contribution in [0.3, 0.4) is 0 Å². The third-order valence-corrected chi connectivity index (χ3v) is 5.19. The lowest BCUT2D eigenvalue weighted by molar-refractivity contribution is 0.0625. The molecule has 1 saturated heterocycles. The summed E-state index contributed by atoms with van der Waals surface area (Å²) in [6.07, 6.45) is 8.29. The molecule has 1 aliphatic rings. The Hall–Kier alpha value is -1.61. The van der Waals surface area contributed by atoms with E-state index in [2.05, 4.69) is 51.6 Å². The number of halogens is 1. The highest BCUT2D eigenvalue weighted by molar-refractivity contribution is 14.0. The van der Waals surface area contributed by atoms with Crippen molar-refractivity contribution in [3.05, 3.63) is 48.3 Å².